The molecule has 7 nitrogen and oxygen atoms in total. The van der Waals surface area contributed by atoms with Gasteiger partial charge in [0.1, 0.15) is 11.6 Å². The lowest BCUT2D eigenvalue weighted by Crippen LogP contribution is -2.42. The highest BCUT2D eigenvalue weighted by atomic mass is 32.2. The highest BCUT2D eigenvalue weighted by Gasteiger charge is 2.31. The summed E-state index contributed by atoms with van der Waals surface area (Å²) in [5.41, 5.74) is 5.87. The Labute approximate surface area is 170 Å². The molecule has 0 radical (unpaired) electrons. The van der Waals surface area contributed by atoms with Gasteiger partial charge in [-0.15, -0.1) is 10.2 Å². The number of rotatable bonds is 6. The Morgan fingerprint density at radius 2 is 1.76 bits per heavy atom. The maximum Gasteiger partial charge on any atom is 0.269 e. The van der Waals surface area contributed by atoms with E-state index in [1.54, 1.807) is 0 Å². The zero-order chi connectivity index (χ0) is 20.2. The van der Waals surface area contributed by atoms with E-state index < -0.39 is 11.7 Å². The highest BCUT2D eigenvalue weighted by Crippen LogP contribution is 2.41. The largest absolute Gasteiger partial charge is 0.274 e. The Bertz CT molecular complexity index is 1020. The molecule has 2 N–H and O–H groups in total. The number of carbonyl (C=O) groups excluding carboxylic acids is 2. The Balaban J connectivity index is 1.37. The van der Waals surface area contributed by atoms with Crippen LogP contribution in [0, 0.1) is 5.82 Å². The summed E-state index contributed by atoms with van der Waals surface area (Å²) >= 11 is 1.24. The summed E-state index contributed by atoms with van der Waals surface area (Å²) in [7, 11) is 0. The van der Waals surface area contributed by atoms with Crippen LogP contribution in [0.3, 0.4) is 0 Å². The molecule has 0 saturated heterocycles. The number of para-hydroxylation sites is 1. The summed E-state index contributed by atoms with van der Waals surface area (Å²) in [4.78, 5) is 24.1. The van der Waals surface area contributed by atoms with Crippen LogP contribution in [0.15, 0.2) is 59.8 Å². The van der Waals surface area contributed by atoms with Gasteiger partial charge in [0.2, 0.25) is 5.91 Å². The van der Waals surface area contributed by atoms with Crippen molar-refractivity contribution in [2.45, 2.75) is 23.9 Å². The molecule has 9 heteroatoms. The smallest absolute Gasteiger partial charge is 0.269 e. The van der Waals surface area contributed by atoms with Crippen molar-refractivity contribution in [2.75, 3.05) is 5.75 Å². The van der Waals surface area contributed by atoms with Crippen LogP contribution in [-0.4, -0.2) is 32.3 Å². The summed E-state index contributed by atoms with van der Waals surface area (Å²) in [5, 5.41) is 9.19. The fourth-order valence-corrected chi connectivity index (χ4v) is 3.53. The van der Waals surface area contributed by atoms with Crippen LogP contribution < -0.4 is 10.9 Å². The third kappa shape index (κ3) is 4.62. The molecule has 1 fully saturated rings. The number of hydrogen-bond acceptors (Lipinski definition) is 5. The second-order valence-electron chi connectivity index (χ2n) is 6.58. The molecule has 148 valence electrons. The predicted molar refractivity (Wildman–Crippen MR) is 106 cm³/mol. The fourth-order valence-electron chi connectivity index (χ4n) is 2.77. The Morgan fingerprint density at radius 1 is 1.03 bits per heavy atom. The molecule has 1 saturated carbocycles. The van der Waals surface area contributed by atoms with E-state index in [0.29, 0.717) is 11.1 Å². The van der Waals surface area contributed by atoms with Crippen molar-refractivity contribution in [3.8, 4) is 5.69 Å². The molecule has 2 aromatic carbocycles. The topological polar surface area (TPSA) is 88.9 Å². The lowest BCUT2D eigenvalue weighted by atomic mass is 10.2. The molecule has 1 aliphatic rings. The lowest BCUT2D eigenvalue weighted by Gasteiger charge is -2.10. The van der Waals surface area contributed by atoms with E-state index in [1.807, 2.05) is 34.9 Å². The zero-order valence-electron chi connectivity index (χ0n) is 15.3. The van der Waals surface area contributed by atoms with E-state index in [1.165, 1.54) is 36.0 Å². The van der Waals surface area contributed by atoms with Crippen LogP contribution in [-0.2, 0) is 4.79 Å². The molecule has 29 heavy (non-hydrogen) atoms. The number of aromatic nitrogens is 3. The first-order chi connectivity index (χ1) is 14.1. The number of hydrazine groups is 1. The van der Waals surface area contributed by atoms with E-state index in [4.69, 9.17) is 0 Å². The first-order valence-electron chi connectivity index (χ1n) is 9.10. The van der Waals surface area contributed by atoms with Crippen molar-refractivity contribution >= 4 is 23.6 Å². The van der Waals surface area contributed by atoms with Gasteiger partial charge in [0.05, 0.1) is 5.75 Å². The number of carbonyl (C=O) groups is 2. The van der Waals surface area contributed by atoms with Crippen molar-refractivity contribution in [3.63, 3.8) is 0 Å². The Kier molecular flexibility index (Phi) is 5.57. The van der Waals surface area contributed by atoms with Gasteiger partial charge in [0, 0.05) is 17.2 Å². The van der Waals surface area contributed by atoms with E-state index >= 15 is 0 Å². The summed E-state index contributed by atoms with van der Waals surface area (Å²) in [6.07, 6.45) is 2.18. The lowest BCUT2D eigenvalue weighted by molar-refractivity contribution is -0.119. The van der Waals surface area contributed by atoms with Crippen molar-refractivity contribution in [2.24, 2.45) is 0 Å². The van der Waals surface area contributed by atoms with Gasteiger partial charge in [-0.1, -0.05) is 30.0 Å². The van der Waals surface area contributed by atoms with E-state index in [-0.39, 0.29) is 17.2 Å². The second kappa shape index (κ2) is 8.44. The molecular formula is C20H18FN5O2S. The van der Waals surface area contributed by atoms with Gasteiger partial charge in [-0.05, 0) is 49.2 Å². The average molecular weight is 411 g/mol. The maximum absolute atomic E-state index is 12.9. The predicted octanol–water partition coefficient (Wildman–Crippen LogP) is 2.84. The van der Waals surface area contributed by atoms with Gasteiger partial charge >= 0.3 is 0 Å². The fraction of sp³-hybridized carbons (Fsp3) is 0.200. The highest BCUT2D eigenvalue weighted by molar-refractivity contribution is 7.99. The van der Waals surface area contributed by atoms with E-state index in [9.17, 15) is 14.0 Å². The van der Waals surface area contributed by atoms with Crippen LogP contribution in [0.1, 0.15) is 34.9 Å². The van der Waals surface area contributed by atoms with Gasteiger partial charge in [-0.2, -0.15) is 0 Å². The molecule has 2 amide bonds. The molecule has 1 aliphatic carbocycles. The van der Waals surface area contributed by atoms with Gasteiger partial charge in [-0.25, -0.2) is 4.39 Å². The van der Waals surface area contributed by atoms with Crippen molar-refractivity contribution in [1.82, 2.24) is 25.6 Å². The molecule has 0 spiro atoms. The van der Waals surface area contributed by atoms with Gasteiger partial charge in [-0.3, -0.25) is 25.0 Å². The summed E-state index contributed by atoms with van der Waals surface area (Å²) in [6, 6.07) is 14.8. The Hall–Kier alpha value is -3.20. The average Bonchev–Trinajstić information content (AvgIpc) is 3.50. The molecule has 0 unspecified atom stereocenters. The Morgan fingerprint density at radius 3 is 2.45 bits per heavy atom. The number of amides is 2. The first-order valence-corrected chi connectivity index (χ1v) is 10.1. The molecule has 1 aromatic heterocycles. The van der Waals surface area contributed by atoms with Crippen LogP contribution in [0.4, 0.5) is 4.39 Å². The van der Waals surface area contributed by atoms with Crippen molar-refractivity contribution in [1.29, 1.82) is 0 Å². The van der Waals surface area contributed by atoms with E-state index in [0.717, 1.165) is 24.4 Å². The third-order valence-corrected chi connectivity index (χ3v) is 5.30. The van der Waals surface area contributed by atoms with Gasteiger partial charge in [0.25, 0.3) is 5.91 Å². The molecule has 1 heterocycles. The molecular weight excluding hydrogens is 393 g/mol. The summed E-state index contributed by atoms with van der Waals surface area (Å²) in [6.45, 7) is 0. The minimum atomic E-state index is -0.521. The summed E-state index contributed by atoms with van der Waals surface area (Å²) < 4.78 is 14.9. The summed E-state index contributed by atoms with van der Waals surface area (Å²) in [5.74, 6) is 0.0202. The first kappa shape index (κ1) is 19.1. The van der Waals surface area contributed by atoms with Crippen LogP contribution in [0.5, 0.6) is 0 Å². The SMILES string of the molecule is O=C(CSc1nnc(C2CC2)n1-c1ccccc1)NNC(=O)c1ccc(F)cc1. The molecule has 4 rings (SSSR count). The minimum Gasteiger partial charge on any atom is -0.274 e. The van der Waals surface area contributed by atoms with Crippen LogP contribution in [0.25, 0.3) is 5.69 Å². The number of benzene rings is 2. The third-order valence-electron chi connectivity index (χ3n) is 4.37. The standard InChI is InChI=1S/C20H18FN5O2S/c21-15-10-8-14(9-11-15)19(28)24-22-17(27)12-29-20-25-23-18(13-6-7-13)26(20)16-4-2-1-3-5-16/h1-5,8-11,13H,6-7,12H2,(H,22,27)(H,24,28). The van der Waals surface area contributed by atoms with Crippen molar-refractivity contribution < 1.29 is 14.0 Å². The van der Waals surface area contributed by atoms with Gasteiger partial charge < -0.3 is 0 Å². The van der Waals surface area contributed by atoms with E-state index in [2.05, 4.69) is 21.0 Å². The second-order valence-corrected chi connectivity index (χ2v) is 7.53. The zero-order valence-corrected chi connectivity index (χ0v) is 16.2. The molecule has 0 bridgehead atoms. The van der Waals surface area contributed by atoms with Crippen molar-refractivity contribution in [3.05, 3.63) is 71.8 Å². The molecule has 0 atom stereocenters. The minimum absolute atomic E-state index is 0.0549. The van der Waals surface area contributed by atoms with Gasteiger partial charge in [0.15, 0.2) is 5.16 Å². The number of halogens is 1. The maximum atomic E-state index is 12.9. The monoisotopic (exact) mass is 411 g/mol. The molecule has 0 aliphatic heterocycles. The number of nitrogens with zero attached hydrogens (tertiary/aromatic N) is 3. The van der Waals surface area contributed by atoms with Crippen LogP contribution in [0.2, 0.25) is 0 Å². The number of hydrogen-bond donors (Lipinski definition) is 2. The quantitative estimate of drug-likeness (QED) is 0.481. The van der Waals surface area contributed by atoms with Crippen LogP contribution >= 0.6 is 11.8 Å². The molecule has 3 aromatic rings. The number of thioether (sulfide) groups is 1. The normalized spacial score (nSPS) is 13.1. The number of nitrogens with one attached hydrogen (secondary N) is 2.